The lowest BCUT2D eigenvalue weighted by Crippen LogP contribution is -2.47. The van der Waals surface area contributed by atoms with Crippen LogP contribution in [0.4, 0.5) is 5.69 Å². The van der Waals surface area contributed by atoms with Crippen molar-refractivity contribution in [2.75, 3.05) is 25.5 Å². The van der Waals surface area contributed by atoms with E-state index in [4.69, 9.17) is 22.1 Å². The number of amides is 1. The molecule has 1 saturated heterocycles. The van der Waals surface area contributed by atoms with Crippen LogP contribution in [0.5, 0.6) is 0 Å². The number of rotatable bonds is 1. The third-order valence-electron chi connectivity index (χ3n) is 2.87. The lowest BCUT2D eigenvalue weighted by atomic mass is 10.1. The molecule has 0 aromatic heterocycles. The zero-order chi connectivity index (χ0) is 12.4. The molecule has 1 aliphatic heterocycles. The summed E-state index contributed by atoms with van der Waals surface area (Å²) in [5.74, 6) is -0.0826. The number of benzene rings is 1. The Balaban J connectivity index is 2.26. The molecule has 2 rings (SSSR count). The van der Waals surface area contributed by atoms with Gasteiger partial charge in [-0.15, -0.1) is 0 Å². The topological polar surface area (TPSA) is 55.6 Å². The molecule has 0 spiro atoms. The lowest BCUT2D eigenvalue weighted by Gasteiger charge is -2.33. The van der Waals surface area contributed by atoms with Crippen LogP contribution in [0.1, 0.15) is 17.3 Å². The van der Waals surface area contributed by atoms with Crippen molar-refractivity contribution in [3.05, 3.63) is 28.8 Å². The maximum Gasteiger partial charge on any atom is 0.256 e. The third kappa shape index (κ3) is 2.53. The molecule has 1 fully saturated rings. The van der Waals surface area contributed by atoms with E-state index >= 15 is 0 Å². The third-order valence-corrected chi connectivity index (χ3v) is 3.11. The second-order valence-electron chi connectivity index (χ2n) is 4.15. The Labute approximate surface area is 105 Å². The van der Waals surface area contributed by atoms with E-state index in [9.17, 15) is 4.79 Å². The molecule has 1 amide bonds. The summed E-state index contributed by atoms with van der Waals surface area (Å²) in [7, 11) is 0. The Bertz CT molecular complexity index is 437. The molecular weight excluding hydrogens is 240 g/mol. The highest BCUT2D eigenvalue weighted by molar-refractivity contribution is 6.31. The number of nitrogens with zero attached hydrogens (tertiary/aromatic N) is 1. The highest BCUT2D eigenvalue weighted by atomic mass is 35.5. The standard InChI is InChI=1S/C12H15ClN2O2/c1-8-7-17-5-4-15(8)12(16)10-6-9(13)2-3-11(10)14/h2-3,6,8H,4-5,7,14H2,1H3/t8-/m1/s1. The fourth-order valence-electron chi connectivity index (χ4n) is 1.90. The van der Waals surface area contributed by atoms with Crippen molar-refractivity contribution in [3.8, 4) is 0 Å². The van der Waals surface area contributed by atoms with Gasteiger partial charge >= 0.3 is 0 Å². The van der Waals surface area contributed by atoms with Crippen LogP contribution >= 0.6 is 11.6 Å². The Morgan fingerprint density at radius 3 is 3.06 bits per heavy atom. The largest absolute Gasteiger partial charge is 0.398 e. The number of hydrogen-bond donors (Lipinski definition) is 1. The maximum atomic E-state index is 12.3. The first kappa shape index (κ1) is 12.2. The van der Waals surface area contributed by atoms with Crippen LogP contribution in [0.15, 0.2) is 18.2 Å². The molecule has 5 heteroatoms. The monoisotopic (exact) mass is 254 g/mol. The number of nitrogens with two attached hydrogens (primary N) is 1. The van der Waals surface area contributed by atoms with Crippen LogP contribution in [0.3, 0.4) is 0 Å². The molecule has 92 valence electrons. The van der Waals surface area contributed by atoms with Gasteiger partial charge in [0.15, 0.2) is 0 Å². The summed E-state index contributed by atoms with van der Waals surface area (Å²) in [5, 5.41) is 0.517. The van der Waals surface area contributed by atoms with E-state index in [1.165, 1.54) is 0 Å². The van der Waals surface area contributed by atoms with E-state index in [1.807, 2.05) is 6.92 Å². The summed E-state index contributed by atoms with van der Waals surface area (Å²) in [6, 6.07) is 5.01. The van der Waals surface area contributed by atoms with Crippen molar-refractivity contribution in [3.63, 3.8) is 0 Å². The van der Waals surface area contributed by atoms with E-state index in [2.05, 4.69) is 0 Å². The van der Waals surface area contributed by atoms with Crippen molar-refractivity contribution in [1.29, 1.82) is 0 Å². The molecule has 17 heavy (non-hydrogen) atoms. The SMILES string of the molecule is C[C@@H]1COCCN1C(=O)c1cc(Cl)ccc1N. The van der Waals surface area contributed by atoms with Crippen LogP contribution in [0, 0.1) is 0 Å². The second-order valence-corrected chi connectivity index (χ2v) is 4.59. The Morgan fingerprint density at radius 1 is 1.59 bits per heavy atom. The smallest absolute Gasteiger partial charge is 0.256 e. The molecule has 0 radical (unpaired) electrons. The van der Waals surface area contributed by atoms with Gasteiger partial charge < -0.3 is 15.4 Å². The Kier molecular flexibility index (Phi) is 3.54. The molecule has 1 atom stereocenters. The number of nitrogen functional groups attached to an aromatic ring is 1. The molecular formula is C12H15ClN2O2. The Morgan fingerprint density at radius 2 is 2.35 bits per heavy atom. The number of anilines is 1. The minimum Gasteiger partial charge on any atom is -0.398 e. The van der Waals surface area contributed by atoms with Gasteiger partial charge in [-0.1, -0.05) is 11.6 Å². The average Bonchev–Trinajstić information content (AvgIpc) is 2.32. The van der Waals surface area contributed by atoms with Gasteiger partial charge in [-0.25, -0.2) is 0 Å². The first-order valence-electron chi connectivity index (χ1n) is 5.53. The fraction of sp³-hybridized carbons (Fsp3) is 0.417. The Hall–Kier alpha value is -1.26. The lowest BCUT2D eigenvalue weighted by molar-refractivity contribution is 0.00365. The molecule has 4 nitrogen and oxygen atoms in total. The predicted octanol–water partition coefficient (Wildman–Crippen LogP) is 1.78. The first-order valence-corrected chi connectivity index (χ1v) is 5.91. The quantitative estimate of drug-likeness (QED) is 0.778. The van der Waals surface area contributed by atoms with Crippen LogP contribution in [-0.2, 0) is 4.74 Å². The van der Waals surface area contributed by atoms with Crippen molar-refractivity contribution < 1.29 is 9.53 Å². The van der Waals surface area contributed by atoms with Crippen molar-refractivity contribution in [1.82, 2.24) is 4.90 Å². The van der Waals surface area contributed by atoms with Gasteiger partial charge in [0.1, 0.15) is 0 Å². The summed E-state index contributed by atoms with van der Waals surface area (Å²) >= 11 is 5.89. The molecule has 2 N–H and O–H groups in total. The van der Waals surface area contributed by atoms with Crippen LogP contribution < -0.4 is 5.73 Å². The summed E-state index contributed by atoms with van der Waals surface area (Å²) in [4.78, 5) is 14.1. The van der Waals surface area contributed by atoms with Crippen molar-refractivity contribution in [2.45, 2.75) is 13.0 Å². The van der Waals surface area contributed by atoms with E-state index < -0.39 is 0 Å². The summed E-state index contributed by atoms with van der Waals surface area (Å²) < 4.78 is 5.30. The van der Waals surface area contributed by atoms with Gasteiger partial charge in [0.05, 0.1) is 24.8 Å². The number of carbonyl (C=O) groups excluding carboxylic acids is 1. The van der Waals surface area contributed by atoms with Crippen LogP contribution in [0.25, 0.3) is 0 Å². The van der Waals surface area contributed by atoms with Gasteiger partial charge in [0.25, 0.3) is 5.91 Å². The van der Waals surface area contributed by atoms with E-state index in [-0.39, 0.29) is 11.9 Å². The minimum absolute atomic E-state index is 0.0645. The van der Waals surface area contributed by atoms with E-state index in [0.717, 1.165) is 0 Å². The normalized spacial score (nSPS) is 20.4. The molecule has 1 aliphatic rings. The highest BCUT2D eigenvalue weighted by Gasteiger charge is 2.25. The number of morpholine rings is 1. The fourth-order valence-corrected chi connectivity index (χ4v) is 2.07. The van der Waals surface area contributed by atoms with Crippen molar-refractivity contribution in [2.24, 2.45) is 0 Å². The molecule has 1 aromatic carbocycles. The number of ether oxygens (including phenoxy) is 1. The second kappa shape index (κ2) is 4.94. The van der Waals surface area contributed by atoms with Gasteiger partial charge in [-0.2, -0.15) is 0 Å². The summed E-state index contributed by atoms with van der Waals surface area (Å²) in [6.07, 6.45) is 0. The highest BCUT2D eigenvalue weighted by Crippen LogP contribution is 2.21. The summed E-state index contributed by atoms with van der Waals surface area (Å²) in [5.41, 5.74) is 6.73. The van der Waals surface area contributed by atoms with Crippen LogP contribution in [-0.4, -0.2) is 36.6 Å². The van der Waals surface area contributed by atoms with E-state index in [0.29, 0.717) is 36.0 Å². The molecule has 1 aromatic rings. The van der Waals surface area contributed by atoms with Gasteiger partial charge in [-0.3, -0.25) is 4.79 Å². The van der Waals surface area contributed by atoms with Gasteiger partial charge in [-0.05, 0) is 25.1 Å². The number of carbonyl (C=O) groups is 1. The van der Waals surface area contributed by atoms with Gasteiger partial charge in [0, 0.05) is 17.3 Å². The molecule has 0 aliphatic carbocycles. The minimum atomic E-state index is -0.0826. The molecule has 0 bridgehead atoms. The zero-order valence-corrected chi connectivity index (χ0v) is 10.4. The molecule has 0 saturated carbocycles. The number of hydrogen-bond acceptors (Lipinski definition) is 3. The maximum absolute atomic E-state index is 12.3. The number of halogens is 1. The first-order chi connectivity index (χ1) is 8.09. The predicted molar refractivity (Wildman–Crippen MR) is 67.2 cm³/mol. The van der Waals surface area contributed by atoms with Gasteiger partial charge in [0.2, 0.25) is 0 Å². The van der Waals surface area contributed by atoms with E-state index in [1.54, 1.807) is 23.1 Å². The zero-order valence-electron chi connectivity index (χ0n) is 9.65. The average molecular weight is 255 g/mol. The molecule has 0 unspecified atom stereocenters. The summed E-state index contributed by atoms with van der Waals surface area (Å²) in [6.45, 7) is 3.67. The van der Waals surface area contributed by atoms with Crippen molar-refractivity contribution >= 4 is 23.2 Å². The molecule has 1 heterocycles. The van der Waals surface area contributed by atoms with Crippen LogP contribution in [0.2, 0.25) is 5.02 Å².